The second-order valence-corrected chi connectivity index (χ2v) is 12.8. The summed E-state index contributed by atoms with van der Waals surface area (Å²) in [5, 5.41) is 14.1. The second kappa shape index (κ2) is 12.1. The molecule has 0 aliphatic rings. The van der Waals surface area contributed by atoms with Crippen LogP contribution >= 0.6 is 0 Å². The third kappa shape index (κ3) is 7.69. The van der Waals surface area contributed by atoms with Gasteiger partial charge in [-0.1, -0.05) is 55.7 Å². The van der Waals surface area contributed by atoms with Crippen molar-refractivity contribution in [1.82, 2.24) is 4.98 Å². The van der Waals surface area contributed by atoms with Crippen LogP contribution in [0.15, 0.2) is 42.5 Å². The van der Waals surface area contributed by atoms with Gasteiger partial charge in [-0.25, -0.2) is 0 Å². The molecule has 0 saturated heterocycles. The van der Waals surface area contributed by atoms with Crippen molar-refractivity contribution in [2.75, 3.05) is 28.2 Å². The molecule has 0 aliphatic carbocycles. The quantitative estimate of drug-likeness (QED) is 0.343. The Hall–Kier alpha value is -0.905. The van der Waals surface area contributed by atoms with Gasteiger partial charge in [0, 0.05) is 5.54 Å². The largest absolute Gasteiger partial charge is 3.00 e. The van der Waals surface area contributed by atoms with E-state index >= 15 is 0 Å². The number of fused-ring (bicyclic) bond motifs is 3. The second-order valence-electron chi connectivity index (χ2n) is 8.85. The summed E-state index contributed by atoms with van der Waals surface area (Å²) >= 11 is 0. The summed E-state index contributed by atoms with van der Waals surface area (Å²) in [6.45, 7) is 13.9. The van der Waals surface area contributed by atoms with Crippen LogP contribution in [0.2, 0.25) is 13.1 Å². The van der Waals surface area contributed by atoms with Crippen LogP contribution in [-0.4, -0.2) is 42.0 Å². The zero-order valence-corrected chi connectivity index (χ0v) is 22.9. The van der Waals surface area contributed by atoms with Crippen LogP contribution in [0.1, 0.15) is 26.3 Å². The Morgan fingerprint density at radius 3 is 1.93 bits per heavy atom. The number of hydrogen-bond acceptors (Lipinski definition) is 1. The smallest absolute Gasteiger partial charge is 0.668 e. The van der Waals surface area contributed by atoms with Crippen molar-refractivity contribution in [2.45, 2.75) is 46.3 Å². The van der Waals surface area contributed by atoms with Gasteiger partial charge < -0.3 is 15.6 Å². The van der Waals surface area contributed by atoms with Crippen molar-refractivity contribution in [3.63, 3.8) is 0 Å². The van der Waals surface area contributed by atoms with E-state index in [2.05, 4.69) is 98.9 Å². The molecule has 0 atom stereocenters. The molecule has 29 heavy (non-hydrogen) atoms. The summed E-state index contributed by atoms with van der Waals surface area (Å²) in [5.41, 5.74) is 1.57. The van der Waals surface area contributed by atoms with Gasteiger partial charge in [-0.2, -0.15) is 28.2 Å². The average molecular weight is 493 g/mol. The fourth-order valence-corrected chi connectivity index (χ4v) is 7.96. The van der Waals surface area contributed by atoms with Gasteiger partial charge in [0.2, 0.25) is 0 Å². The minimum absolute atomic E-state index is 0. The van der Waals surface area contributed by atoms with Gasteiger partial charge in [-0.3, -0.25) is 0 Å². The Bertz CT molecular complexity index is 877. The van der Waals surface area contributed by atoms with E-state index in [-0.39, 0.29) is 26.6 Å². The van der Waals surface area contributed by atoms with Crippen molar-refractivity contribution in [3.05, 3.63) is 58.7 Å². The first-order valence-corrected chi connectivity index (χ1v) is 12.9. The van der Waals surface area contributed by atoms with E-state index in [1.165, 1.54) is 27.1 Å². The molecule has 0 aromatic heterocycles. The Morgan fingerprint density at radius 1 is 0.897 bits per heavy atom. The maximum Gasteiger partial charge on any atom is 3.00 e. The van der Waals surface area contributed by atoms with Crippen LogP contribution in [0, 0.1) is 6.92 Å². The topological polar surface area (TPSA) is 40.2 Å². The van der Waals surface area contributed by atoms with E-state index in [0.717, 1.165) is 0 Å². The number of nitrogens with zero attached hydrogens (tertiary/aromatic N) is 2. The predicted molar refractivity (Wildman–Crippen MR) is 132 cm³/mol. The summed E-state index contributed by atoms with van der Waals surface area (Å²) < 4.78 is 0. The summed E-state index contributed by atoms with van der Waals surface area (Å²) in [4.78, 5) is 3.93. The van der Waals surface area contributed by atoms with E-state index in [1.54, 1.807) is 33.4 Å². The van der Waals surface area contributed by atoms with E-state index in [4.69, 9.17) is 0 Å². The van der Waals surface area contributed by atoms with Crippen LogP contribution in [0.3, 0.4) is 0 Å². The molecule has 3 rings (SSSR count). The van der Waals surface area contributed by atoms with Crippen LogP contribution in [0.5, 0.6) is 0 Å². The summed E-state index contributed by atoms with van der Waals surface area (Å²) in [7, 11) is 5.26. The number of rotatable bonds is 2. The molecule has 5 heteroatoms. The van der Waals surface area contributed by atoms with Crippen LogP contribution in [0.25, 0.3) is 32.2 Å². The average Bonchev–Trinajstić information content (AvgIpc) is 2.91. The maximum atomic E-state index is 3.93. The number of benzene rings is 2. The number of nitrogens with one attached hydrogen (secondary N) is 1. The number of aryl methyl sites for hydroxylation is 1. The molecular formula is C24H38MoN3Si. The van der Waals surface area contributed by atoms with Crippen molar-refractivity contribution in [3.8, 4) is 0 Å². The van der Waals surface area contributed by atoms with Gasteiger partial charge in [0.15, 0.2) is 0 Å². The number of hydrogen-bond donors (Lipinski definition) is 1. The molecule has 1 radical (unpaired) electrons. The van der Waals surface area contributed by atoms with E-state index in [9.17, 15) is 0 Å². The zero-order valence-electron chi connectivity index (χ0n) is 19.8. The van der Waals surface area contributed by atoms with Gasteiger partial charge in [-0.15, -0.1) is 33.7 Å². The van der Waals surface area contributed by atoms with E-state index in [1.807, 2.05) is 0 Å². The van der Waals surface area contributed by atoms with Gasteiger partial charge >= 0.3 is 21.1 Å². The molecule has 159 valence electrons. The van der Waals surface area contributed by atoms with Crippen molar-refractivity contribution < 1.29 is 21.1 Å². The fourth-order valence-electron chi connectivity index (χ4n) is 4.00. The Morgan fingerprint density at radius 2 is 1.41 bits per heavy atom. The van der Waals surface area contributed by atoms with Crippen LogP contribution in [-0.2, 0) is 21.1 Å². The minimum atomic E-state index is -1.74. The SMILES string of the molecule is C[N-]C.C[N-]C.Cc1[cH-]c2ccc3ccccc3c2c1[Si](C)(C)NC(C)(C)C.[Mo+3]. The minimum Gasteiger partial charge on any atom is -0.668 e. The van der Waals surface area contributed by atoms with Gasteiger partial charge in [0.1, 0.15) is 0 Å². The summed E-state index contributed by atoms with van der Waals surface area (Å²) in [6.07, 6.45) is 0. The summed E-state index contributed by atoms with van der Waals surface area (Å²) in [6, 6.07) is 15.6. The standard InChI is InChI=1S/C20H26NSi.2C2H6N.Mo/c1-14-13-16-12-11-15-9-7-8-10-17(15)18(16)19(14)22(5,6)21-20(2,3)4;2*1-3-2;/h7-13,21H,1-6H3;2*1-2H3;/q3*-1;+3. The summed E-state index contributed by atoms with van der Waals surface area (Å²) in [5.74, 6) is 0. The molecule has 0 amide bonds. The van der Waals surface area contributed by atoms with E-state index < -0.39 is 8.24 Å². The van der Waals surface area contributed by atoms with Gasteiger partial charge in [-0.05, 0) is 26.2 Å². The van der Waals surface area contributed by atoms with Gasteiger partial charge in [0.25, 0.3) is 0 Å². The van der Waals surface area contributed by atoms with Gasteiger partial charge in [0.05, 0.1) is 8.24 Å². The maximum absolute atomic E-state index is 3.93. The first-order valence-electron chi connectivity index (χ1n) is 9.85. The molecule has 3 aromatic carbocycles. The Kier molecular flexibility index (Phi) is 11.7. The molecule has 0 saturated carbocycles. The molecular weight excluding hydrogens is 454 g/mol. The molecule has 3 nitrogen and oxygen atoms in total. The first kappa shape index (κ1) is 28.1. The van der Waals surface area contributed by atoms with Crippen molar-refractivity contribution >= 4 is 35.0 Å². The van der Waals surface area contributed by atoms with E-state index in [0.29, 0.717) is 0 Å². The fraction of sp³-hybridized carbons (Fsp3) is 0.458. The van der Waals surface area contributed by atoms with Crippen LogP contribution in [0.4, 0.5) is 0 Å². The van der Waals surface area contributed by atoms with Crippen LogP contribution < -0.4 is 10.2 Å². The molecule has 0 bridgehead atoms. The molecule has 0 heterocycles. The zero-order chi connectivity index (χ0) is 21.5. The predicted octanol–water partition coefficient (Wildman–Crippen LogP) is 6.06. The van der Waals surface area contributed by atoms with Crippen molar-refractivity contribution in [2.24, 2.45) is 0 Å². The van der Waals surface area contributed by atoms with Crippen molar-refractivity contribution in [1.29, 1.82) is 0 Å². The Labute approximate surface area is 193 Å². The monoisotopic (exact) mass is 494 g/mol. The molecule has 0 fully saturated rings. The molecule has 1 N–H and O–H groups in total. The molecule has 0 aliphatic heterocycles. The Balaban J connectivity index is 0.00000100. The third-order valence-electron chi connectivity index (χ3n) is 4.29. The molecule has 0 unspecified atom stereocenters. The first-order chi connectivity index (χ1) is 13.0. The molecule has 0 spiro atoms. The normalized spacial score (nSPS) is 11.2. The third-order valence-corrected chi connectivity index (χ3v) is 7.56. The molecule has 3 aromatic rings.